The molecule has 1 fully saturated rings. The number of phenolic OH excluding ortho intramolecular Hbond substituents is 2. The van der Waals surface area contributed by atoms with Crippen LogP contribution in [-0.4, -0.2) is 78.7 Å². The van der Waals surface area contributed by atoms with Crippen LogP contribution in [0, 0.1) is 0 Å². The quantitative estimate of drug-likeness (QED) is 0.334. The number of hydrogen-bond donors (Lipinski definition) is 7. The minimum absolute atomic E-state index is 0.0843. The summed E-state index contributed by atoms with van der Waals surface area (Å²) in [6.45, 7) is -1.06. The van der Waals surface area contributed by atoms with E-state index in [0.717, 1.165) is 0 Å². The molecule has 1 aliphatic heterocycles. The maximum atomic E-state index is 13.1. The van der Waals surface area contributed by atoms with Gasteiger partial charge in [0.2, 0.25) is 5.78 Å². The largest absolute Gasteiger partial charge is 0.507 e. The molecule has 4 rings (SSSR count). The van der Waals surface area contributed by atoms with Crippen molar-refractivity contribution in [2.75, 3.05) is 6.61 Å². The van der Waals surface area contributed by atoms with Gasteiger partial charge in [0.15, 0.2) is 0 Å². The van der Waals surface area contributed by atoms with Crippen LogP contribution in [0.25, 0.3) is 0 Å². The number of ketones is 1. The van der Waals surface area contributed by atoms with E-state index in [2.05, 4.69) is 0 Å². The highest BCUT2D eigenvalue weighted by Crippen LogP contribution is 2.47. The van der Waals surface area contributed by atoms with E-state index in [-0.39, 0.29) is 28.0 Å². The number of carbonyl (C=O) groups is 1. The van der Waals surface area contributed by atoms with Crippen molar-refractivity contribution in [1.82, 2.24) is 0 Å². The highest BCUT2D eigenvalue weighted by molar-refractivity contribution is 6.16. The number of benzene rings is 2. The lowest BCUT2D eigenvalue weighted by Gasteiger charge is -2.45. The molecule has 2 aliphatic rings. The van der Waals surface area contributed by atoms with Crippen LogP contribution in [0.2, 0.25) is 0 Å². The Bertz CT molecular complexity index is 987. The number of aliphatic hydroxyl groups excluding tert-OH is 5. The molecule has 7 N–H and O–H groups in total. The van der Waals surface area contributed by atoms with Gasteiger partial charge in [-0.1, -0.05) is 18.2 Å². The molecule has 30 heavy (non-hydrogen) atoms. The SMILES string of the molecule is O=C1c2c(O)cccc2C(C2O[C@H](CO)[C@@H](O)[C@@H](O)[C@H]2O)c2cc(CO)cc(O)c21. The normalized spacial score (nSPS) is 30.6. The molecule has 0 bridgehead atoms. The first-order valence-electron chi connectivity index (χ1n) is 9.43. The van der Waals surface area contributed by atoms with Gasteiger partial charge in [-0.05, 0) is 28.8 Å². The fourth-order valence-corrected chi connectivity index (χ4v) is 4.41. The van der Waals surface area contributed by atoms with Crippen LogP contribution in [0.3, 0.4) is 0 Å². The minimum atomic E-state index is -1.64. The third kappa shape index (κ3) is 2.99. The fraction of sp³-hybridized carbons (Fsp3) is 0.381. The molecule has 2 aromatic rings. The zero-order valence-corrected chi connectivity index (χ0v) is 15.7. The van der Waals surface area contributed by atoms with Gasteiger partial charge in [0.05, 0.1) is 30.4 Å². The number of aliphatic hydroxyl groups is 5. The van der Waals surface area contributed by atoms with Crippen molar-refractivity contribution in [3.05, 3.63) is 58.1 Å². The van der Waals surface area contributed by atoms with E-state index in [1.807, 2.05) is 0 Å². The highest BCUT2D eigenvalue weighted by Gasteiger charge is 2.50. The van der Waals surface area contributed by atoms with Gasteiger partial charge in [-0.2, -0.15) is 0 Å². The van der Waals surface area contributed by atoms with Gasteiger partial charge in [-0.25, -0.2) is 0 Å². The summed E-state index contributed by atoms with van der Waals surface area (Å²) in [6, 6.07) is 7.06. The third-order valence-electron chi connectivity index (χ3n) is 5.85. The maximum Gasteiger partial charge on any atom is 0.201 e. The topological polar surface area (TPSA) is 168 Å². The summed E-state index contributed by atoms with van der Waals surface area (Å²) in [7, 11) is 0. The minimum Gasteiger partial charge on any atom is -0.507 e. The van der Waals surface area contributed by atoms with E-state index >= 15 is 0 Å². The van der Waals surface area contributed by atoms with Crippen LogP contribution in [0.1, 0.15) is 38.5 Å². The fourth-order valence-electron chi connectivity index (χ4n) is 4.41. The number of phenols is 2. The number of fused-ring (bicyclic) bond motifs is 2. The molecule has 9 heteroatoms. The molecule has 0 aromatic heterocycles. The first-order chi connectivity index (χ1) is 14.3. The van der Waals surface area contributed by atoms with Gasteiger partial charge in [0, 0.05) is 5.92 Å². The summed E-state index contributed by atoms with van der Waals surface area (Å²) in [5, 5.41) is 71.0. The smallest absolute Gasteiger partial charge is 0.201 e. The second-order valence-corrected chi connectivity index (χ2v) is 7.58. The molecule has 2 unspecified atom stereocenters. The Morgan fingerprint density at radius 1 is 0.867 bits per heavy atom. The van der Waals surface area contributed by atoms with E-state index in [1.165, 1.54) is 24.3 Å². The predicted octanol–water partition coefficient (Wildman–Crippen LogP) is -0.891. The van der Waals surface area contributed by atoms with E-state index in [4.69, 9.17) is 4.74 Å². The first-order valence-corrected chi connectivity index (χ1v) is 9.43. The Morgan fingerprint density at radius 3 is 2.23 bits per heavy atom. The van der Waals surface area contributed by atoms with Crippen molar-refractivity contribution in [3.8, 4) is 11.5 Å². The molecule has 1 saturated heterocycles. The van der Waals surface area contributed by atoms with Crippen molar-refractivity contribution in [2.45, 2.75) is 43.0 Å². The van der Waals surface area contributed by atoms with Gasteiger partial charge in [0.1, 0.15) is 35.9 Å². The zero-order valence-electron chi connectivity index (χ0n) is 15.7. The number of ether oxygens (including phenoxy) is 1. The number of aromatic hydroxyl groups is 2. The van der Waals surface area contributed by atoms with Crippen LogP contribution < -0.4 is 0 Å². The Balaban J connectivity index is 1.96. The molecular weight excluding hydrogens is 396 g/mol. The number of rotatable bonds is 3. The average Bonchev–Trinajstić information content (AvgIpc) is 2.73. The predicted molar refractivity (Wildman–Crippen MR) is 101 cm³/mol. The van der Waals surface area contributed by atoms with Crippen molar-refractivity contribution in [3.63, 3.8) is 0 Å². The van der Waals surface area contributed by atoms with E-state index in [1.54, 1.807) is 6.07 Å². The zero-order chi connectivity index (χ0) is 21.7. The van der Waals surface area contributed by atoms with Gasteiger partial charge >= 0.3 is 0 Å². The second-order valence-electron chi connectivity index (χ2n) is 7.58. The van der Waals surface area contributed by atoms with Crippen LogP contribution in [-0.2, 0) is 11.3 Å². The molecule has 1 aliphatic carbocycles. The van der Waals surface area contributed by atoms with Crippen molar-refractivity contribution >= 4 is 5.78 Å². The van der Waals surface area contributed by atoms with Gasteiger partial charge in [-0.3, -0.25) is 4.79 Å². The molecule has 0 radical (unpaired) electrons. The summed E-state index contributed by atoms with van der Waals surface area (Å²) < 4.78 is 5.73. The Labute approximate surface area is 171 Å². The standard InChI is InChI=1S/C21H22O9/c22-6-8-4-10-14(21-20(29)19(28)17(26)13(7-23)30-21)9-2-1-3-11(24)15(9)18(27)16(10)12(25)5-8/h1-5,13-14,17,19-26,28-29H,6-7H2/t13-,14?,17-,19-,20-,21?/m1/s1. The van der Waals surface area contributed by atoms with Gasteiger partial charge < -0.3 is 40.5 Å². The van der Waals surface area contributed by atoms with E-state index in [9.17, 15) is 40.5 Å². The molecule has 0 saturated carbocycles. The molecule has 1 heterocycles. The molecule has 6 atom stereocenters. The Hall–Kier alpha value is -2.53. The lowest BCUT2D eigenvalue weighted by Crippen LogP contribution is -2.60. The average molecular weight is 418 g/mol. The van der Waals surface area contributed by atoms with Crippen LogP contribution in [0.15, 0.2) is 30.3 Å². The van der Waals surface area contributed by atoms with Crippen LogP contribution >= 0.6 is 0 Å². The number of carbonyl (C=O) groups excluding carboxylic acids is 1. The molecular formula is C21H22O9. The number of hydrogen-bond acceptors (Lipinski definition) is 9. The molecule has 160 valence electrons. The summed E-state index contributed by atoms with van der Waals surface area (Å²) >= 11 is 0. The Kier molecular flexibility index (Phi) is 5.27. The van der Waals surface area contributed by atoms with Gasteiger partial charge in [0.25, 0.3) is 0 Å². The van der Waals surface area contributed by atoms with E-state index in [0.29, 0.717) is 5.56 Å². The lowest BCUT2D eigenvalue weighted by atomic mass is 9.71. The summed E-state index contributed by atoms with van der Waals surface area (Å²) in [5.74, 6) is -2.34. The third-order valence-corrected chi connectivity index (χ3v) is 5.85. The van der Waals surface area contributed by atoms with Gasteiger partial charge in [-0.15, -0.1) is 0 Å². The second kappa shape index (κ2) is 7.62. The van der Waals surface area contributed by atoms with Crippen molar-refractivity contribution in [1.29, 1.82) is 0 Å². The monoisotopic (exact) mass is 418 g/mol. The first kappa shape index (κ1) is 20.7. The van der Waals surface area contributed by atoms with Crippen molar-refractivity contribution < 1.29 is 45.3 Å². The molecule has 0 amide bonds. The highest BCUT2D eigenvalue weighted by atomic mass is 16.5. The summed E-state index contributed by atoms with van der Waals surface area (Å²) in [4.78, 5) is 13.1. The van der Waals surface area contributed by atoms with Crippen LogP contribution in [0.4, 0.5) is 0 Å². The summed E-state index contributed by atoms with van der Waals surface area (Å²) in [5.41, 5.74) is 0.609. The molecule has 9 nitrogen and oxygen atoms in total. The molecule has 0 spiro atoms. The maximum absolute atomic E-state index is 13.1. The Morgan fingerprint density at radius 2 is 1.57 bits per heavy atom. The lowest BCUT2D eigenvalue weighted by molar-refractivity contribution is -0.232. The summed E-state index contributed by atoms with van der Waals surface area (Å²) in [6.07, 6.45) is -7.22. The van der Waals surface area contributed by atoms with Crippen LogP contribution in [0.5, 0.6) is 11.5 Å². The van der Waals surface area contributed by atoms with E-state index < -0.39 is 61.2 Å². The van der Waals surface area contributed by atoms with Crippen molar-refractivity contribution in [2.24, 2.45) is 0 Å². The molecule has 2 aromatic carbocycles.